The van der Waals surface area contributed by atoms with E-state index in [1.165, 1.54) is 6.07 Å². The Labute approximate surface area is 108 Å². The Morgan fingerprint density at radius 2 is 2.22 bits per heavy atom. The van der Waals surface area contributed by atoms with Crippen molar-refractivity contribution in [3.63, 3.8) is 0 Å². The zero-order valence-corrected chi connectivity index (χ0v) is 10.5. The first-order valence-electron chi connectivity index (χ1n) is 5.27. The van der Waals surface area contributed by atoms with Crippen LogP contribution in [0.25, 0.3) is 0 Å². The molecular formula is C11H13ClF2N2O2. The molecule has 0 amide bonds. The van der Waals surface area contributed by atoms with Gasteiger partial charge in [-0.15, -0.1) is 11.6 Å². The van der Waals surface area contributed by atoms with Gasteiger partial charge in [-0.2, -0.15) is 0 Å². The summed E-state index contributed by atoms with van der Waals surface area (Å²) < 4.78 is 30.0. The highest BCUT2D eigenvalue weighted by molar-refractivity contribution is 6.17. The van der Waals surface area contributed by atoms with E-state index in [4.69, 9.17) is 22.1 Å². The second kappa shape index (κ2) is 6.49. The number of hydrogen-bond donors (Lipinski definition) is 1. The molecule has 0 saturated carbocycles. The maximum absolute atomic E-state index is 12.6. The molecule has 0 bridgehead atoms. The summed E-state index contributed by atoms with van der Waals surface area (Å²) in [6.45, 7) is 1.91. The third-order valence-corrected chi connectivity index (χ3v) is 2.53. The number of nitrogen functional groups attached to an aromatic ring is 1. The fourth-order valence-electron chi connectivity index (χ4n) is 1.44. The summed E-state index contributed by atoms with van der Waals surface area (Å²) in [5.74, 6) is -0.716. The highest BCUT2D eigenvalue weighted by atomic mass is 35.5. The number of ether oxygens (including phenoxy) is 1. The SMILES string of the molecule is CCOC(=O)Cc1cc(CCl)c(C(F)F)nc1N. The van der Waals surface area contributed by atoms with Crippen LogP contribution in [-0.2, 0) is 21.8 Å². The Hall–Kier alpha value is -1.43. The van der Waals surface area contributed by atoms with Gasteiger partial charge < -0.3 is 10.5 Å². The molecule has 0 spiro atoms. The molecule has 0 aromatic carbocycles. The number of rotatable bonds is 5. The van der Waals surface area contributed by atoms with Gasteiger partial charge in [0.2, 0.25) is 0 Å². The Balaban J connectivity index is 3.04. The minimum atomic E-state index is -2.75. The number of nitrogens with two attached hydrogens (primary N) is 1. The van der Waals surface area contributed by atoms with Crippen LogP contribution in [0.1, 0.15) is 30.2 Å². The zero-order valence-electron chi connectivity index (χ0n) is 9.75. The molecule has 18 heavy (non-hydrogen) atoms. The Kier molecular flexibility index (Phi) is 5.27. The van der Waals surface area contributed by atoms with E-state index in [0.717, 1.165) is 0 Å². The first-order valence-corrected chi connectivity index (χ1v) is 5.80. The van der Waals surface area contributed by atoms with Gasteiger partial charge in [-0.25, -0.2) is 13.8 Å². The molecule has 0 saturated heterocycles. The van der Waals surface area contributed by atoms with Gasteiger partial charge in [-0.05, 0) is 18.6 Å². The predicted octanol–water partition coefficient (Wildman–Crippen LogP) is 2.45. The number of esters is 1. The van der Waals surface area contributed by atoms with Crippen LogP contribution in [0, 0.1) is 0 Å². The van der Waals surface area contributed by atoms with Crippen LogP contribution in [-0.4, -0.2) is 17.6 Å². The second-order valence-corrected chi connectivity index (χ2v) is 3.76. The van der Waals surface area contributed by atoms with Crippen molar-refractivity contribution in [2.24, 2.45) is 0 Å². The maximum atomic E-state index is 12.6. The van der Waals surface area contributed by atoms with E-state index >= 15 is 0 Å². The molecule has 0 aliphatic carbocycles. The Bertz CT molecular complexity index is 441. The summed E-state index contributed by atoms with van der Waals surface area (Å²) in [7, 11) is 0. The van der Waals surface area contributed by atoms with Gasteiger partial charge >= 0.3 is 5.97 Å². The highest BCUT2D eigenvalue weighted by Gasteiger charge is 2.18. The fraction of sp³-hybridized carbons (Fsp3) is 0.455. The molecule has 0 aliphatic rings. The molecule has 7 heteroatoms. The molecule has 1 aromatic rings. The van der Waals surface area contributed by atoms with Crippen molar-refractivity contribution in [2.45, 2.75) is 25.7 Å². The van der Waals surface area contributed by atoms with Crippen molar-refractivity contribution in [1.82, 2.24) is 4.98 Å². The molecule has 0 aliphatic heterocycles. The molecule has 1 rings (SSSR count). The topological polar surface area (TPSA) is 65.2 Å². The molecule has 4 nitrogen and oxygen atoms in total. The van der Waals surface area contributed by atoms with Crippen molar-refractivity contribution < 1.29 is 18.3 Å². The average Bonchev–Trinajstić information content (AvgIpc) is 2.31. The number of anilines is 1. The van der Waals surface area contributed by atoms with E-state index in [1.807, 2.05) is 0 Å². The number of hydrogen-bond acceptors (Lipinski definition) is 4. The normalized spacial score (nSPS) is 10.7. The second-order valence-electron chi connectivity index (χ2n) is 3.49. The Morgan fingerprint density at radius 1 is 1.56 bits per heavy atom. The molecule has 0 unspecified atom stereocenters. The molecule has 1 heterocycles. The lowest BCUT2D eigenvalue weighted by Gasteiger charge is -2.11. The van der Waals surface area contributed by atoms with Gasteiger partial charge in [0.25, 0.3) is 6.43 Å². The van der Waals surface area contributed by atoms with E-state index in [2.05, 4.69) is 4.98 Å². The smallest absolute Gasteiger partial charge is 0.310 e. The summed E-state index contributed by atoms with van der Waals surface area (Å²) in [5.41, 5.74) is 5.59. The number of halogens is 3. The van der Waals surface area contributed by atoms with E-state index in [9.17, 15) is 13.6 Å². The van der Waals surface area contributed by atoms with E-state index < -0.39 is 18.1 Å². The van der Waals surface area contributed by atoms with Gasteiger partial charge in [0.15, 0.2) is 0 Å². The number of nitrogens with zero attached hydrogens (tertiary/aromatic N) is 1. The van der Waals surface area contributed by atoms with E-state index in [0.29, 0.717) is 5.56 Å². The van der Waals surface area contributed by atoms with E-state index in [1.54, 1.807) is 6.92 Å². The van der Waals surface area contributed by atoms with Crippen LogP contribution in [0.5, 0.6) is 0 Å². The van der Waals surface area contributed by atoms with Crippen molar-refractivity contribution in [1.29, 1.82) is 0 Å². The molecule has 0 radical (unpaired) electrons. The third-order valence-electron chi connectivity index (χ3n) is 2.24. The summed E-state index contributed by atoms with van der Waals surface area (Å²) >= 11 is 5.57. The molecule has 0 fully saturated rings. The van der Waals surface area contributed by atoms with Crippen LogP contribution in [0.15, 0.2) is 6.07 Å². The third kappa shape index (κ3) is 3.53. The molecular weight excluding hydrogens is 266 g/mol. The van der Waals surface area contributed by atoms with Crippen LogP contribution in [0.3, 0.4) is 0 Å². The summed E-state index contributed by atoms with van der Waals surface area (Å²) in [6, 6.07) is 1.37. The summed E-state index contributed by atoms with van der Waals surface area (Å²) in [5, 5.41) is 0. The summed E-state index contributed by atoms with van der Waals surface area (Å²) in [6.07, 6.45) is -2.86. The van der Waals surface area contributed by atoms with Gasteiger partial charge in [-0.3, -0.25) is 4.79 Å². The molecule has 1 aromatic heterocycles. The maximum Gasteiger partial charge on any atom is 0.310 e. The summed E-state index contributed by atoms with van der Waals surface area (Å²) in [4.78, 5) is 14.9. The van der Waals surface area contributed by atoms with Crippen LogP contribution >= 0.6 is 11.6 Å². The van der Waals surface area contributed by atoms with Gasteiger partial charge in [-0.1, -0.05) is 0 Å². The first-order chi connectivity index (χ1) is 8.49. The average molecular weight is 279 g/mol. The predicted molar refractivity (Wildman–Crippen MR) is 63.5 cm³/mol. The van der Waals surface area contributed by atoms with Gasteiger partial charge in [0.05, 0.1) is 13.0 Å². The van der Waals surface area contributed by atoms with Crippen LogP contribution in [0.4, 0.5) is 14.6 Å². The number of carbonyl (C=O) groups is 1. The van der Waals surface area contributed by atoms with E-state index in [-0.39, 0.29) is 30.3 Å². The van der Waals surface area contributed by atoms with Crippen molar-refractivity contribution in [2.75, 3.05) is 12.3 Å². The fourth-order valence-corrected chi connectivity index (χ4v) is 1.65. The minimum absolute atomic E-state index is 0.104. The van der Waals surface area contributed by atoms with Crippen LogP contribution in [0.2, 0.25) is 0 Å². The van der Waals surface area contributed by atoms with Crippen molar-refractivity contribution in [3.05, 3.63) is 22.9 Å². The van der Waals surface area contributed by atoms with Crippen LogP contribution < -0.4 is 5.73 Å². The largest absolute Gasteiger partial charge is 0.466 e. The van der Waals surface area contributed by atoms with Gasteiger partial charge in [0.1, 0.15) is 11.5 Å². The Morgan fingerprint density at radius 3 is 2.72 bits per heavy atom. The standard InChI is InChI=1S/C11H13ClF2N2O2/c1-2-18-8(17)4-6-3-7(5-12)9(10(13)14)16-11(6)15/h3,10H,2,4-5H2,1H3,(H2,15,16). The molecule has 100 valence electrons. The number of carbonyl (C=O) groups excluding carboxylic acids is 1. The highest BCUT2D eigenvalue weighted by Crippen LogP contribution is 2.26. The molecule has 2 N–H and O–H groups in total. The first kappa shape index (κ1) is 14.6. The molecule has 0 atom stereocenters. The number of pyridine rings is 1. The lowest BCUT2D eigenvalue weighted by molar-refractivity contribution is -0.142. The lowest BCUT2D eigenvalue weighted by Crippen LogP contribution is -2.12. The van der Waals surface area contributed by atoms with Gasteiger partial charge in [0, 0.05) is 11.4 Å². The number of aromatic nitrogens is 1. The van der Waals surface area contributed by atoms with Crippen molar-refractivity contribution in [3.8, 4) is 0 Å². The monoisotopic (exact) mass is 278 g/mol. The quantitative estimate of drug-likeness (QED) is 0.664. The van der Waals surface area contributed by atoms with Crippen molar-refractivity contribution >= 4 is 23.4 Å². The zero-order chi connectivity index (χ0) is 13.7. The lowest BCUT2D eigenvalue weighted by atomic mass is 10.1. The number of alkyl halides is 3. The minimum Gasteiger partial charge on any atom is -0.466 e.